The lowest BCUT2D eigenvalue weighted by molar-refractivity contribution is -0.141. The standard InChI is InChI=1S/C6H12O2S/c1-3-4-6(7)8-5-9-2/h3-5H2,1-2H3. The quantitative estimate of drug-likeness (QED) is 0.448. The Bertz CT molecular complexity index is 83.1. The minimum Gasteiger partial charge on any atom is -0.455 e. The summed E-state index contributed by atoms with van der Waals surface area (Å²) in [4.78, 5) is 10.6. The lowest BCUT2D eigenvalue weighted by Crippen LogP contribution is -2.01. The summed E-state index contributed by atoms with van der Waals surface area (Å²) < 4.78 is 4.76. The predicted octanol–water partition coefficient (Wildman–Crippen LogP) is 1.65. The number of hydrogen-bond donors (Lipinski definition) is 0. The Morgan fingerprint density at radius 1 is 1.67 bits per heavy atom. The first-order chi connectivity index (χ1) is 4.31. The van der Waals surface area contributed by atoms with Gasteiger partial charge >= 0.3 is 5.97 Å². The molecule has 0 aliphatic heterocycles. The van der Waals surface area contributed by atoms with E-state index in [0.29, 0.717) is 12.4 Å². The number of ether oxygens (including phenoxy) is 1. The summed E-state index contributed by atoms with van der Waals surface area (Å²) in [5.41, 5.74) is 0. The molecule has 0 aromatic heterocycles. The number of carbonyl (C=O) groups excluding carboxylic acids is 1. The second-order valence-electron chi connectivity index (χ2n) is 1.67. The van der Waals surface area contributed by atoms with E-state index in [9.17, 15) is 4.79 Å². The van der Waals surface area contributed by atoms with Gasteiger partial charge in [0.2, 0.25) is 0 Å². The molecule has 54 valence electrons. The molecule has 0 fully saturated rings. The van der Waals surface area contributed by atoms with Gasteiger partial charge in [0.15, 0.2) is 0 Å². The Kier molecular flexibility index (Phi) is 5.83. The third-order valence-corrected chi connectivity index (χ3v) is 1.15. The smallest absolute Gasteiger partial charge is 0.306 e. The van der Waals surface area contributed by atoms with Gasteiger partial charge < -0.3 is 4.74 Å². The van der Waals surface area contributed by atoms with Crippen molar-refractivity contribution in [1.82, 2.24) is 0 Å². The van der Waals surface area contributed by atoms with E-state index in [0.717, 1.165) is 6.42 Å². The topological polar surface area (TPSA) is 26.3 Å². The van der Waals surface area contributed by atoms with Gasteiger partial charge in [0.05, 0.1) is 0 Å². The molecule has 0 N–H and O–H groups in total. The maximum Gasteiger partial charge on any atom is 0.306 e. The molecule has 0 aromatic carbocycles. The maximum absolute atomic E-state index is 10.6. The summed E-state index contributed by atoms with van der Waals surface area (Å²) in [7, 11) is 0. The molecule has 0 radical (unpaired) electrons. The molecule has 0 aromatic rings. The Balaban J connectivity index is 3.06. The Hall–Kier alpha value is -0.180. The van der Waals surface area contributed by atoms with Crippen molar-refractivity contribution in [2.24, 2.45) is 0 Å². The summed E-state index contributed by atoms with van der Waals surface area (Å²) in [5, 5.41) is 0. The van der Waals surface area contributed by atoms with Crippen molar-refractivity contribution in [1.29, 1.82) is 0 Å². The number of thioether (sulfide) groups is 1. The van der Waals surface area contributed by atoms with Gasteiger partial charge in [-0.3, -0.25) is 4.79 Å². The van der Waals surface area contributed by atoms with Crippen LogP contribution in [0, 0.1) is 0 Å². The molecule has 0 spiro atoms. The van der Waals surface area contributed by atoms with Crippen LogP contribution in [0.25, 0.3) is 0 Å². The number of esters is 1. The molecular formula is C6H12O2S. The first kappa shape index (κ1) is 8.82. The summed E-state index contributed by atoms with van der Waals surface area (Å²) in [6.07, 6.45) is 3.31. The first-order valence-corrected chi connectivity index (χ1v) is 4.35. The van der Waals surface area contributed by atoms with Gasteiger partial charge in [-0.1, -0.05) is 6.92 Å². The lowest BCUT2D eigenvalue weighted by atomic mass is 10.3. The highest BCUT2D eigenvalue weighted by molar-refractivity contribution is 7.98. The largest absolute Gasteiger partial charge is 0.455 e. The van der Waals surface area contributed by atoms with Gasteiger partial charge in [-0.05, 0) is 12.7 Å². The van der Waals surface area contributed by atoms with Crippen molar-refractivity contribution in [3.8, 4) is 0 Å². The van der Waals surface area contributed by atoms with E-state index in [1.807, 2.05) is 13.2 Å². The minimum atomic E-state index is -0.0909. The van der Waals surface area contributed by atoms with E-state index in [1.165, 1.54) is 11.8 Å². The molecule has 0 amide bonds. The van der Waals surface area contributed by atoms with Gasteiger partial charge in [0.1, 0.15) is 5.94 Å². The Morgan fingerprint density at radius 3 is 2.78 bits per heavy atom. The molecule has 0 aliphatic carbocycles. The monoisotopic (exact) mass is 148 g/mol. The molecule has 0 unspecified atom stereocenters. The van der Waals surface area contributed by atoms with E-state index in [4.69, 9.17) is 4.74 Å². The molecule has 0 saturated carbocycles. The van der Waals surface area contributed by atoms with Crippen LogP contribution in [0.2, 0.25) is 0 Å². The summed E-state index contributed by atoms with van der Waals surface area (Å²) >= 11 is 1.51. The fraction of sp³-hybridized carbons (Fsp3) is 0.833. The second kappa shape index (κ2) is 5.95. The molecule has 0 bridgehead atoms. The highest BCUT2D eigenvalue weighted by atomic mass is 32.2. The van der Waals surface area contributed by atoms with Crippen molar-refractivity contribution < 1.29 is 9.53 Å². The number of hydrogen-bond acceptors (Lipinski definition) is 3. The predicted molar refractivity (Wildman–Crippen MR) is 39.4 cm³/mol. The van der Waals surface area contributed by atoms with E-state index < -0.39 is 0 Å². The number of rotatable bonds is 4. The second-order valence-corrected chi connectivity index (χ2v) is 2.49. The highest BCUT2D eigenvalue weighted by Gasteiger charge is 1.97. The molecule has 9 heavy (non-hydrogen) atoms. The highest BCUT2D eigenvalue weighted by Crippen LogP contribution is 1.96. The van der Waals surface area contributed by atoms with Crippen molar-refractivity contribution in [2.75, 3.05) is 12.2 Å². The van der Waals surface area contributed by atoms with Gasteiger partial charge in [-0.15, -0.1) is 11.8 Å². The molecule has 2 nitrogen and oxygen atoms in total. The zero-order valence-electron chi connectivity index (χ0n) is 5.85. The summed E-state index contributed by atoms with van der Waals surface area (Å²) in [6.45, 7) is 1.96. The normalized spacial score (nSPS) is 9.11. The maximum atomic E-state index is 10.6. The van der Waals surface area contributed by atoms with Gasteiger partial charge in [0.25, 0.3) is 0 Å². The van der Waals surface area contributed by atoms with Crippen LogP contribution in [0.3, 0.4) is 0 Å². The van der Waals surface area contributed by atoms with E-state index in [1.54, 1.807) is 0 Å². The fourth-order valence-electron chi connectivity index (χ4n) is 0.401. The van der Waals surface area contributed by atoms with Gasteiger partial charge in [-0.2, -0.15) is 0 Å². The molecule has 0 heterocycles. The van der Waals surface area contributed by atoms with Crippen LogP contribution in [0.5, 0.6) is 0 Å². The van der Waals surface area contributed by atoms with Crippen LogP contribution in [0.4, 0.5) is 0 Å². The molecule has 0 saturated heterocycles. The average molecular weight is 148 g/mol. The Labute approximate surface area is 60.0 Å². The first-order valence-electron chi connectivity index (χ1n) is 2.95. The molecular weight excluding hydrogens is 136 g/mol. The van der Waals surface area contributed by atoms with Crippen LogP contribution >= 0.6 is 11.8 Å². The van der Waals surface area contributed by atoms with Crippen molar-refractivity contribution >= 4 is 17.7 Å². The zero-order valence-corrected chi connectivity index (χ0v) is 6.66. The van der Waals surface area contributed by atoms with Crippen LogP contribution in [0.15, 0.2) is 0 Å². The number of carbonyl (C=O) groups is 1. The van der Waals surface area contributed by atoms with Crippen LogP contribution in [0.1, 0.15) is 19.8 Å². The van der Waals surface area contributed by atoms with E-state index in [-0.39, 0.29) is 5.97 Å². The van der Waals surface area contributed by atoms with E-state index >= 15 is 0 Å². The third-order valence-electron chi connectivity index (χ3n) is 0.792. The van der Waals surface area contributed by atoms with Gasteiger partial charge in [-0.25, -0.2) is 0 Å². The Morgan fingerprint density at radius 2 is 2.33 bits per heavy atom. The molecule has 3 heteroatoms. The van der Waals surface area contributed by atoms with Crippen molar-refractivity contribution in [3.63, 3.8) is 0 Å². The van der Waals surface area contributed by atoms with Crippen molar-refractivity contribution in [3.05, 3.63) is 0 Å². The van der Waals surface area contributed by atoms with Crippen LogP contribution < -0.4 is 0 Å². The lowest BCUT2D eigenvalue weighted by Gasteiger charge is -1.98. The van der Waals surface area contributed by atoms with Crippen LogP contribution in [-0.4, -0.2) is 18.2 Å². The molecule has 0 aliphatic rings. The molecule has 0 atom stereocenters. The molecule has 0 rings (SSSR count). The third kappa shape index (κ3) is 5.69. The summed E-state index contributed by atoms with van der Waals surface area (Å²) in [6, 6.07) is 0. The summed E-state index contributed by atoms with van der Waals surface area (Å²) in [5.74, 6) is 0.394. The van der Waals surface area contributed by atoms with E-state index in [2.05, 4.69) is 0 Å². The fourth-order valence-corrected chi connectivity index (χ4v) is 0.650. The van der Waals surface area contributed by atoms with Gasteiger partial charge in [0, 0.05) is 6.42 Å². The average Bonchev–Trinajstić information content (AvgIpc) is 1.85. The van der Waals surface area contributed by atoms with Crippen LogP contribution in [-0.2, 0) is 9.53 Å². The minimum absolute atomic E-state index is 0.0909. The van der Waals surface area contributed by atoms with Crippen molar-refractivity contribution in [2.45, 2.75) is 19.8 Å². The zero-order chi connectivity index (χ0) is 7.11. The SMILES string of the molecule is CCCC(=O)OCSC.